The molecule has 1 aliphatic rings. The first kappa shape index (κ1) is 15.3. The van der Waals surface area contributed by atoms with Gasteiger partial charge in [0.1, 0.15) is 0 Å². The Morgan fingerprint density at radius 2 is 1.68 bits per heavy atom. The van der Waals surface area contributed by atoms with E-state index in [4.69, 9.17) is 0 Å². The molecular weight excluding hydrogens is 280 g/mol. The van der Waals surface area contributed by atoms with E-state index in [-0.39, 0.29) is 8.80 Å². The third kappa shape index (κ3) is 2.59. The van der Waals surface area contributed by atoms with Gasteiger partial charge >= 0.3 is 0 Å². The van der Waals surface area contributed by atoms with Crippen LogP contribution in [0.3, 0.4) is 0 Å². The van der Waals surface area contributed by atoms with E-state index in [2.05, 4.69) is 82.4 Å². The smallest absolute Gasteiger partial charge is 0.0551 e. The lowest BCUT2D eigenvalue weighted by molar-refractivity contribution is 0.863. The summed E-state index contributed by atoms with van der Waals surface area (Å²) in [5.41, 5.74) is 9.46. The molecule has 2 aromatic rings. The molecule has 1 atom stereocenters. The molecule has 3 rings (SSSR count). The highest BCUT2D eigenvalue weighted by Crippen LogP contribution is 2.43. The molecule has 1 heteroatoms. The SMILES string of the molecule is CC1=Cc2c(-c3ccccc3)cc(C(C)C)cc2C1[Si](C)C. The van der Waals surface area contributed by atoms with E-state index in [9.17, 15) is 0 Å². The monoisotopic (exact) mass is 305 g/mol. The van der Waals surface area contributed by atoms with Gasteiger partial charge in [-0.3, -0.25) is 0 Å². The van der Waals surface area contributed by atoms with Crippen molar-refractivity contribution in [2.75, 3.05) is 0 Å². The highest BCUT2D eigenvalue weighted by atomic mass is 28.3. The largest absolute Gasteiger partial charge is 0.0705 e. The Morgan fingerprint density at radius 3 is 2.27 bits per heavy atom. The van der Waals surface area contributed by atoms with Gasteiger partial charge in [-0.15, -0.1) is 0 Å². The number of hydrogen-bond donors (Lipinski definition) is 0. The van der Waals surface area contributed by atoms with Gasteiger partial charge in [-0.25, -0.2) is 0 Å². The zero-order valence-corrected chi connectivity index (χ0v) is 15.3. The summed E-state index contributed by atoms with van der Waals surface area (Å²) < 4.78 is 0. The zero-order valence-electron chi connectivity index (χ0n) is 14.3. The average Bonchev–Trinajstić information content (AvgIpc) is 2.82. The van der Waals surface area contributed by atoms with E-state index in [0.29, 0.717) is 11.5 Å². The molecule has 2 aromatic carbocycles. The van der Waals surface area contributed by atoms with Gasteiger partial charge in [0.15, 0.2) is 0 Å². The minimum absolute atomic E-state index is 0.381. The molecule has 0 heterocycles. The number of rotatable bonds is 3. The van der Waals surface area contributed by atoms with Crippen molar-refractivity contribution in [1.29, 1.82) is 0 Å². The van der Waals surface area contributed by atoms with Gasteiger partial charge in [-0.05, 0) is 46.2 Å². The van der Waals surface area contributed by atoms with Gasteiger partial charge in [0.2, 0.25) is 0 Å². The molecule has 22 heavy (non-hydrogen) atoms. The molecule has 0 fully saturated rings. The van der Waals surface area contributed by atoms with Crippen molar-refractivity contribution in [2.45, 2.75) is 45.3 Å². The lowest BCUT2D eigenvalue weighted by Crippen LogP contribution is -2.15. The molecule has 0 amide bonds. The van der Waals surface area contributed by atoms with Gasteiger partial charge in [0, 0.05) is 0 Å². The van der Waals surface area contributed by atoms with Crippen LogP contribution in [-0.2, 0) is 0 Å². The maximum atomic E-state index is 2.47. The van der Waals surface area contributed by atoms with E-state index in [1.165, 1.54) is 22.3 Å². The minimum atomic E-state index is -0.381. The van der Waals surface area contributed by atoms with Crippen LogP contribution >= 0.6 is 0 Å². The highest BCUT2D eigenvalue weighted by molar-refractivity contribution is 6.58. The Kier molecular flexibility index (Phi) is 4.09. The van der Waals surface area contributed by atoms with Crippen LogP contribution in [0.1, 0.15) is 48.9 Å². The summed E-state index contributed by atoms with van der Waals surface area (Å²) in [4.78, 5) is 0. The zero-order chi connectivity index (χ0) is 15.9. The Balaban J connectivity index is 2.25. The predicted octanol–water partition coefficient (Wildman–Crippen LogP) is 6.27. The second-order valence-electron chi connectivity index (χ2n) is 6.99. The Bertz CT molecular complexity index is 708. The normalized spacial score (nSPS) is 17.0. The Morgan fingerprint density at radius 1 is 1.00 bits per heavy atom. The first-order valence-electron chi connectivity index (χ1n) is 8.20. The molecule has 0 spiro atoms. The van der Waals surface area contributed by atoms with Crippen molar-refractivity contribution in [1.82, 2.24) is 0 Å². The highest BCUT2D eigenvalue weighted by Gasteiger charge is 2.28. The van der Waals surface area contributed by atoms with Crippen molar-refractivity contribution < 1.29 is 0 Å². The van der Waals surface area contributed by atoms with E-state index < -0.39 is 0 Å². The molecule has 113 valence electrons. The van der Waals surface area contributed by atoms with Gasteiger partial charge < -0.3 is 0 Å². The van der Waals surface area contributed by atoms with Crippen molar-refractivity contribution >= 4 is 14.9 Å². The fourth-order valence-corrected chi connectivity index (χ4v) is 5.47. The van der Waals surface area contributed by atoms with Crippen molar-refractivity contribution in [3.63, 3.8) is 0 Å². The summed E-state index contributed by atoms with van der Waals surface area (Å²) >= 11 is 0. The van der Waals surface area contributed by atoms with Crippen LogP contribution in [0.5, 0.6) is 0 Å². The fraction of sp³-hybridized carbons (Fsp3) is 0.333. The second kappa shape index (κ2) is 5.89. The summed E-state index contributed by atoms with van der Waals surface area (Å²) in [5, 5.41) is 0. The summed E-state index contributed by atoms with van der Waals surface area (Å²) in [7, 11) is -0.381. The van der Waals surface area contributed by atoms with Crippen molar-refractivity contribution in [3.8, 4) is 11.1 Å². The van der Waals surface area contributed by atoms with Gasteiger partial charge in [-0.2, -0.15) is 0 Å². The molecule has 1 radical (unpaired) electrons. The second-order valence-corrected chi connectivity index (χ2v) is 9.72. The Hall–Kier alpha value is -1.60. The third-order valence-corrected chi connectivity index (χ3v) is 6.62. The maximum absolute atomic E-state index is 2.47. The summed E-state index contributed by atoms with van der Waals surface area (Å²) in [6.07, 6.45) is 2.43. The van der Waals surface area contributed by atoms with Crippen LogP contribution in [-0.4, -0.2) is 8.80 Å². The van der Waals surface area contributed by atoms with Gasteiger partial charge in [-0.1, -0.05) is 81.1 Å². The quantitative estimate of drug-likeness (QED) is 0.586. The molecule has 0 aromatic heterocycles. The Labute approximate surface area is 136 Å². The van der Waals surface area contributed by atoms with E-state index in [0.717, 1.165) is 0 Å². The molecule has 1 unspecified atom stereocenters. The summed E-state index contributed by atoms with van der Waals surface area (Å²) in [5.74, 6) is 0.568. The number of fused-ring (bicyclic) bond motifs is 1. The molecular formula is C21H25Si. The maximum Gasteiger partial charge on any atom is 0.0551 e. The molecule has 1 aliphatic carbocycles. The fourth-order valence-electron chi connectivity index (χ4n) is 3.61. The minimum Gasteiger partial charge on any atom is -0.0705 e. The predicted molar refractivity (Wildman–Crippen MR) is 99.8 cm³/mol. The van der Waals surface area contributed by atoms with E-state index >= 15 is 0 Å². The van der Waals surface area contributed by atoms with Crippen LogP contribution in [0.2, 0.25) is 13.1 Å². The lowest BCUT2D eigenvalue weighted by atomic mass is 9.90. The average molecular weight is 306 g/mol. The first-order valence-corrected chi connectivity index (χ1v) is 10.8. The molecule has 0 N–H and O–H groups in total. The molecule has 0 aliphatic heterocycles. The summed E-state index contributed by atoms with van der Waals surface area (Å²) in [6.45, 7) is 11.8. The topological polar surface area (TPSA) is 0 Å². The number of allylic oxidation sites excluding steroid dienone is 1. The van der Waals surface area contributed by atoms with E-state index in [1.807, 2.05) is 0 Å². The molecule has 0 saturated heterocycles. The molecule has 0 saturated carbocycles. The van der Waals surface area contributed by atoms with Crippen LogP contribution in [0, 0.1) is 0 Å². The van der Waals surface area contributed by atoms with Crippen LogP contribution in [0.15, 0.2) is 48.0 Å². The van der Waals surface area contributed by atoms with Crippen molar-refractivity contribution in [3.05, 3.63) is 64.7 Å². The van der Waals surface area contributed by atoms with Crippen LogP contribution in [0.4, 0.5) is 0 Å². The molecule has 0 nitrogen and oxygen atoms in total. The van der Waals surface area contributed by atoms with Gasteiger partial charge in [0.05, 0.1) is 8.80 Å². The van der Waals surface area contributed by atoms with Crippen LogP contribution in [0.25, 0.3) is 17.2 Å². The summed E-state index contributed by atoms with van der Waals surface area (Å²) in [6, 6.07) is 15.7. The van der Waals surface area contributed by atoms with Gasteiger partial charge in [0.25, 0.3) is 0 Å². The van der Waals surface area contributed by atoms with E-state index in [1.54, 1.807) is 11.1 Å². The molecule has 0 bridgehead atoms. The first-order chi connectivity index (χ1) is 10.5. The number of hydrogen-bond acceptors (Lipinski definition) is 0. The van der Waals surface area contributed by atoms with Crippen LogP contribution < -0.4 is 0 Å². The lowest BCUT2D eigenvalue weighted by Gasteiger charge is -2.21. The third-order valence-electron chi connectivity index (χ3n) is 4.70. The standard InChI is InChI=1S/C21H25Si/c1-14(2)17-12-18(16-9-7-6-8-10-16)19-11-15(3)21(22(4)5)20(19)13-17/h6-14,21H,1-5H3. The van der Waals surface area contributed by atoms with Crippen molar-refractivity contribution in [2.24, 2.45) is 0 Å². The number of benzene rings is 2.